The molecule has 0 spiro atoms. The van der Waals surface area contributed by atoms with Crippen LogP contribution in [0.25, 0.3) is 0 Å². The van der Waals surface area contributed by atoms with Crippen molar-refractivity contribution in [2.24, 2.45) is 10.3 Å². The minimum absolute atomic E-state index is 0.111. The molecule has 23 heavy (non-hydrogen) atoms. The number of nitroso groups, excluding NO2 is 1. The van der Waals surface area contributed by atoms with E-state index in [1.807, 2.05) is 6.07 Å². The molecule has 8 heteroatoms. The van der Waals surface area contributed by atoms with Gasteiger partial charge in [-0.2, -0.15) is 10.0 Å². The van der Waals surface area contributed by atoms with Gasteiger partial charge in [0.2, 0.25) is 0 Å². The fourth-order valence-corrected chi connectivity index (χ4v) is 1.80. The molecular weight excluding hydrogens is 300 g/mol. The van der Waals surface area contributed by atoms with Gasteiger partial charge in [-0.15, -0.1) is 0 Å². The number of non-ortho nitro benzene ring substituents is 1. The molecule has 116 valence electrons. The predicted octanol–water partition coefficient (Wildman–Crippen LogP) is 2.50. The van der Waals surface area contributed by atoms with Crippen molar-refractivity contribution in [2.75, 3.05) is 6.54 Å². The second kappa shape index (κ2) is 7.55. The molecule has 0 saturated carbocycles. The molecule has 8 nitrogen and oxygen atoms in total. The normalized spacial score (nSPS) is 10.9. The zero-order valence-electron chi connectivity index (χ0n) is 11.9. The first-order valence-electron chi connectivity index (χ1n) is 6.57. The fraction of sp³-hybridized carbons (Fsp3) is 0.0667. The molecule has 0 aliphatic rings. The number of amides is 1. The third-order valence-corrected chi connectivity index (χ3v) is 2.95. The summed E-state index contributed by atoms with van der Waals surface area (Å²) in [5.74, 6) is -0.542. The van der Waals surface area contributed by atoms with Gasteiger partial charge in [-0.1, -0.05) is 35.5 Å². The monoisotopic (exact) mass is 312 g/mol. The summed E-state index contributed by atoms with van der Waals surface area (Å²) in [5, 5.41) is 17.3. The van der Waals surface area contributed by atoms with Crippen molar-refractivity contribution in [1.82, 2.24) is 5.43 Å². The smallest absolute Gasteiger partial charge is 0.267 e. The van der Waals surface area contributed by atoms with Gasteiger partial charge in [0, 0.05) is 17.7 Å². The predicted molar refractivity (Wildman–Crippen MR) is 84.2 cm³/mol. The molecule has 2 aromatic carbocycles. The van der Waals surface area contributed by atoms with Crippen molar-refractivity contribution in [3.8, 4) is 0 Å². The van der Waals surface area contributed by atoms with Crippen molar-refractivity contribution in [3.63, 3.8) is 0 Å². The summed E-state index contributed by atoms with van der Waals surface area (Å²) in [6, 6.07) is 13.9. The van der Waals surface area contributed by atoms with E-state index >= 15 is 0 Å². The van der Waals surface area contributed by atoms with E-state index < -0.39 is 10.8 Å². The van der Waals surface area contributed by atoms with Crippen LogP contribution in [0.5, 0.6) is 0 Å². The number of hydrogen-bond donors (Lipinski definition) is 1. The van der Waals surface area contributed by atoms with E-state index in [2.05, 4.69) is 15.7 Å². The number of nitrogens with one attached hydrogen (secondary N) is 1. The van der Waals surface area contributed by atoms with Crippen molar-refractivity contribution in [1.29, 1.82) is 0 Å². The molecule has 2 aromatic rings. The van der Waals surface area contributed by atoms with E-state index in [1.165, 1.54) is 24.3 Å². The van der Waals surface area contributed by atoms with Crippen LogP contribution in [0.1, 0.15) is 15.9 Å². The lowest BCUT2D eigenvalue weighted by atomic mass is 10.1. The van der Waals surface area contributed by atoms with Crippen LogP contribution in [0.3, 0.4) is 0 Å². The largest absolute Gasteiger partial charge is 0.271 e. The number of nitrogens with zero attached hydrogens (tertiary/aromatic N) is 3. The van der Waals surface area contributed by atoms with E-state index in [-0.39, 0.29) is 17.8 Å². The van der Waals surface area contributed by atoms with Crippen LogP contribution < -0.4 is 5.43 Å². The number of carbonyl (C=O) groups excluding carboxylic acids is 1. The number of nitro groups is 1. The lowest BCUT2D eigenvalue weighted by Gasteiger charge is -2.04. The lowest BCUT2D eigenvalue weighted by Crippen LogP contribution is -2.21. The maximum Gasteiger partial charge on any atom is 0.271 e. The molecule has 0 unspecified atom stereocenters. The zero-order chi connectivity index (χ0) is 16.7. The highest BCUT2D eigenvalue weighted by Crippen LogP contribution is 2.11. The Labute approximate surface area is 131 Å². The summed E-state index contributed by atoms with van der Waals surface area (Å²) in [6.07, 6.45) is 0. The molecule has 0 aliphatic carbocycles. The highest BCUT2D eigenvalue weighted by molar-refractivity contribution is 6.03. The van der Waals surface area contributed by atoms with E-state index in [1.54, 1.807) is 24.3 Å². The second-order valence-electron chi connectivity index (χ2n) is 4.46. The van der Waals surface area contributed by atoms with Gasteiger partial charge in [-0.25, -0.2) is 5.43 Å². The van der Waals surface area contributed by atoms with E-state index in [4.69, 9.17) is 0 Å². The second-order valence-corrected chi connectivity index (χ2v) is 4.46. The molecule has 0 aromatic heterocycles. The molecule has 0 radical (unpaired) electrons. The number of benzene rings is 2. The number of carbonyl (C=O) groups is 1. The summed E-state index contributed by atoms with van der Waals surface area (Å²) in [6.45, 7) is -0.190. The third-order valence-electron chi connectivity index (χ3n) is 2.95. The van der Waals surface area contributed by atoms with Gasteiger partial charge in [0.25, 0.3) is 11.6 Å². The van der Waals surface area contributed by atoms with Crippen LogP contribution in [-0.4, -0.2) is 23.1 Å². The standard InChI is InChI=1S/C15H12N4O4/c20-15(12-6-8-13(9-7-12)19(22)23)18-17-14(10-16-21)11-4-2-1-3-5-11/h1-9H,10H2,(H,18,20). The minimum Gasteiger partial charge on any atom is -0.267 e. The van der Waals surface area contributed by atoms with Crippen LogP contribution in [0.4, 0.5) is 5.69 Å². The Bertz CT molecular complexity index is 742. The van der Waals surface area contributed by atoms with Gasteiger partial charge in [0.05, 0.1) is 10.6 Å². The van der Waals surface area contributed by atoms with Gasteiger partial charge < -0.3 is 0 Å². The maximum atomic E-state index is 12.0. The zero-order valence-corrected chi connectivity index (χ0v) is 11.9. The van der Waals surface area contributed by atoms with E-state index in [0.717, 1.165) is 0 Å². The highest BCUT2D eigenvalue weighted by Gasteiger charge is 2.10. The lowest BCUT2D eigenvalue weighted by molar-refractivity contribution is -0.384. The topological polar surface area (TPSA) is 114 Å². The number of rotatable bonds is 6. The maximum absolute atomic E-state index is 12.0. The molecule has 1 amide bonds. The molecule has 0 fully saturated rings. The first-order chi connectivity index (χ1) is 11.1. The van der Waals surface area contributed by atoms with Crippen LogP contribution in [0.15, 0.2) is 64.9 Å². The average molecular weight is 312 g/mol. The Morgan fingerprint density at radius 1 is 1.04 bits per heavy atom. The Hall–Kier alpha value is -3.42. The highest BCUT2D eigenvalue weighted by atomic mass is 16.6. The summed E-state index contributed by atoms with van der Waals surface area (Å²) in [5.41, 5.74) is 3.39. The number of nitro benzene ring substituents is 1. The fourth-order valence-electron chi connectivity index (χ4n) is 1.80. The Morgan fingerprint density at radius 3 is 2.26 bits per heavy atom. The van der Waals surface area contributed by atoms with Crippen LogP contribution in [0.2, 0.25) is 0 Å². The molecule has 1 N–H and O–H groups in total. The molecular formula is C15H12N4O4. The SMILES string of the molecule is O=NCC(=NNC(=O)c1ccc([N+](=O)[O-])cc1)c1ccccc1. The van der Waals surface area contributed by atoms with Gasteiger partial charge >= 0.3 is 0 Å². The van der Waals surface area contributed by atoms with Gasteiger partial charge in [-0.05, 0) is 17.7 Å². The van der Waals surface area contributed by atoms with Gasteiger partial charge in [0.15, 0.2) is 0 Å². The quantitative estimate of drug-likeness (QED) is 0.382. The summed E-state index contributed by atoms with van der Waals surface area (Å²) < 4.78 is 0. The van der Waals surface area contributed by atoms with Crippen molar-refractivity contribution < 1.29 is 9.72 Å². The molecule has 2 rings (SSSR count). The first-order valence-corrected chi connectivity index (χ1v) is 6.57. The minimum atomic E-state index is -0.552. The molecule has 0 aliphatic heterocycles. The van der Waals surface area contributed by atoms with Crippen molar-refractivity contribution in [3.05, 3.63) is 80.7 Å². The number of hydrazone groups is 1. The number of hydrogen-bond acceptors (Lipinski definition) is 6. The Balaban J connectivity index is 2.14. The molecule has 0 heterocycles. The van der Waals surface area contributed by atoms with Crippen LogP contribution >= 0.6 is 0 Å². The summed E-state index contributed by atoms with van der Waals surface area (Å²) >= 11 is 0. The summed E-state index contributed by atoms with van der Waals surface area (Å²) in [4.78, 5) is 32.5. The van der Waals surface area contributed by atoms with E-state index in [9.17, 15) is 19.8 Å². The van der Waals surface area contributed by atoms with Crippen LogP contribution in [-0.2, 0) is 0 Å². The van der Waals surface area contributed by atoms with Crippen molar-refractivity contribution in [2.45, 2.75) is 0 Å². The summed E-state index contributed by atoms with van der Waals surface area (Å²) in [7, 11) is 0. The Kier molecular flexibility index (Phi) is 5.24. The van der Waals surface area contributed by atoms with E-state index in [0.29, 0.717) is 11.3 Å². The van der Waals surface area contributed by atoms with Crippen LogP contribution in [0, 0.1) is 15.0 Å². The van der Waals surface area contributed by atoms with Gasteiger partial charge in [0.1, 0.15) is 6.54 Å². The molecule has 0 bridgehead atoms. The average Bonchev–Trinajstić information content (AvgIpc) is 2.59. The first kappa shape index (κ1) is 16.0. The third kappa shape index (κ3) is 4.27. The van der Waals surface area contributed by atoms with Crippen molar-refractivity contribution >= 4 is 17.3 Å². The van der Waals surface area contributed by atoms with Gasteiger partial charge in [-0.3, -0.25) is 14.9 Å². The Morgan fingerprint density at radius 2 is 1.70 bits per heavy atom. The molecule has 0 saturated heterocycles. The molecule has 0 atom stereocenters.